The number of carbonyl (C=O) groups excluding carboxylic acids is 1. The van der Waals surface area contributed by atoms with E-state index in [9.17, 15) is 4.79 Å². The number of hydrogen-bond donors (Lipinski definition) is 1. The minimum absolute atomic E-state index is 0.150. The van der Waals surface area contributed by atoms with Gasteiger partial charge in [0.1, 0.15) is 0 Å². The van der Waals surface area contributed by atoms with Gasteiger partial charge in [0.25, 0.3) is 0 Å². The molecule has 128 valence electrons. The molecule has 0 saturated carbocycles. The minimum atomic E-state index is 0.150. The van der Waals surface area contributed by atoms with E-state index in [1.807, 2.05) is 6.20 Å². The van der Waals surface area contributed by atoms with Gasteiger partial charge in [-0.1, -0.05) is 6.07 Å². The topological polar surface area (TPSA) is 48.6 Å². The number of nitrogens with zero attached hydrogens (tertiary/aromatic N) is 2. The zero-order valence-electron chi connectivity index (χ0n) is 14.2. The zero-order valence-corrected chi connectivity index (χ0v) is 14.2. The largest absolute Gasteiger partial charge is 0.383 e. The predicted octanol–water partition coefficient (Wildman–Crippen LogP) is 2.24. The number of ether oxygens (including phenoxy) is 1. The molecule has 1 aromatic heterocycles. The Kier molecular flexibility index (Phi) is 4.29. The maximum atomic E-state index is 12.7. The number of aromatic amines is 1. The average molecular weight is 327 g/mol. The third-order valence-corrected chi connectivity index (χ3v) is 5.43. The van der Waals surface area contributed by atoms with Gasteiger partial charge in [-0.05, 0) is 42.0 Å². The number of aromatic nitrogens is 1. The number of rotatable bonds is 5. The molecule has 3 aliphatic rings. The number of benzene rings is 1. The number of amides is 1. The second-order valence-corrected chi connectivity index (χ2v) is 7.05. The molecule has 5 rings (SSSR count). The predicted molar refractivity (Wildman–Crippen MR) is 93.7 cm³/mol. The Morgan fingerprint density at radius 3 is 3.04 bits per heavy atom. The van der Waals surface area contributed by atoms with Crippen LogP contribution in [0.4, 0.5) is 0 Å². The summed E-state index contributed by atoms with van der Waals surface area (Å²) in [6, 6.07) is 9.04. The van der Waals surface area contributed by atoms with E-state index in [0.717, 1.165) is 39.0 Å². The van der Waals surface area contributed by atoms with Crippen molar-refractivity contribution in [1.82, 2.24) is 14.8 Å². The van der Waals surface area contributed by atoms with Gasteiger partial charge in [0.2, 0.25) is 5.91 Å². The van der Waals surface area contributed by atoms with Crippen molar-refractivity contribution in [2.45, 2.75) is 25.4 Å². The lowest BCUT2D eigenvalue weighted by molar-refractivity contribution is -0.140. The van der Waals surface area contributed by atoms with Gasteiger partial charge in [-0.25, -0.2) is 0 Å². The first-order valence-corrected chi connectivity index (χ1v) is 8.82. The van der Waals surface area contributed by atoms with Crippen molar-refractivity contribution in [2.24, 2.45) is 5.92 Å². The highest BCUT2D eigenvalue weighted by atomic mass is 16.5. The minimum Gasteiger partial charge on any atom is -0.383 e. The third-order valence-electron chi connectivity index (χ3n) is 5.43. The van der Waals surface area contributed by atoms with Crippen molar-refractivity contribution < 1.29 is 9.53 Å². The Morgan fingerprint density at radius 2 is 2.17 bits per heavy atom. The molecule has 5 heteroatoms. The molecule has 2 atom stereocenters. The highest BCUT2D eigenvalue weighted by Gasteiger charge is 2.40. The molecule has 0 unspecified atom stereocenters. The van der Waals surface area contributed by atoms with Crippen LogP contribution >= 0.6 is 0 Å². The van der Waals surface area contributed by atoms with Crippen LogP contribution in [0.25, 0.3) is 10.9 Å². The van der Waals surface area contributed by atoms with Crippen LogP contribution in [0.3, 0.4) is 0 Å². The number of piperidine rings is 1. The van der Waals surface area contributed by atoms with Gasteiger partial charge in [0.05, 0.1) is 12.5 Å². The number of carbonyl (C=O) groups is 1. The third kappa shape index (κ3) is 2.94. The molecule has 0 spiro atoms. The van der Waals surface area contributed by atoms with Crippen LogP contribution < -0.4 is 0 Å². The summed E-state index contributed by atoms with van der Waals surface area (Å²) < 4.78 is 5.19. The van der Waals surface area contributed by atoms with E-state index in [1.165, 1.54) is 16.5 Å². The van der Waals surface area contributed by atoms with Crippen LogP contribution in [0.1, 0.15) is 18.4 Å². The first kappa shape index (κ1) is 15.7. The van der Waals surface area contributed by atoms with E-state index in [-0.39, 0.29) is 5.92 Å². The first-order valence-electron chi connectivity index (χ1n) is 8.82. The SMILES string of the molecule is COCCN1C(=O)[C@H]2CC[C@@H]1CN(Cc1ccc3[nH]ccc3c1)C2. The van der Waals surface area contributed by atoms with Crippen LogP contribution in [0, 0.1) is 5.92 Å². The van der Waals surface area contributed by atoms with E-state index in [1.54, 1.807) is 7.11 Å². The average Bonchev–Trinajstić information content (AvgIpc) is 2.90. The van der Waals surface area contributed by atoms with Crippen molar-refractivity contribution in [3.05, 3.63) is 36.0 Å². The molecule has 1 aromatic carbocycles. The molecule has 24 heavy (non-hydrogen) atoms. The van der Waals surface area contributed by atoms with E-state index < -0.39 is 0 Å². The summed E-state index contributed by atoms with van der Waals surface area (Å²) in [5.74, 6) is 0.475. The van der Waals surface area contributed by atoms with Gasteiger partial charge in [0.15, 0.2) is 0 Å². The quantitative estimate of drug-likeness (QED) is 0.916. The lowest BCUT2D eigenvalue weighted by atomic mass is 9.94. The molecule has 0 radical (unpaired) electrons. The normalized spacial score (nSPS) is 24.7. The van der Waals surface area contributed by atoms with Crippen LogP contribution in [0.2, 0.25) is 0 Å². The summed E-state index contributed by atoms with van der Waals surface area (Å²) in [5, 5.41) is 1.25. The fourth-order valence-corrected chi connectivity index (χ4v) is 4.20. The number of fused-ring (bicyclic) bond motifs is 5. The lowest BCUT2D eigenvalue weighted by Crippen LogP contribution is -2.49. The van der Waals surface area contributed by atoms with Gasteiger partial charge < -0.3 is 14.6 Å². The molecule has 0 aliphatic carbocycles. The van der Waals surface area contributed by atoms with Gasteiger partial charge in [-0.3, -0.25) is 9.69 Å². The fraction of sp³-hybridized carbons (Fsp3) is 0.526. The van der Waals surface area contributed by atoms with E-state index in [2.05, 4.69) is 39.0 Å². The molecule has 3 fully saturated rings. The number of methoxy groups -OCH3 is 1. The Balaban J connectivity index is 1.49. The van der Waals surface area contributed by atoms with Crippen LogP contribution in [0.15, 0.2) is 30.5 Å². The summed E-state index contributed by atoms with van der Waals surface area (Å²) >= 11 is 0. The molecule has 1 amide bonds. The highest BCUT2D eigenvalue weighted by Crippen LogP contribution is 2.30. The molecule has 3 saturated heterocycles. The van der Waals surface area contributed by atoms with Crippen molar-refractivity contribution in [3.8, 4) is 0 Å². The number of hydrogen-bond acceptors (Lipinski definition) is 3. The Hall–Kier alpha value is -1.85. The van der Waals surface area contributed by atoms with E-state index in [4.69, 9.17) is 4.74 Å². The molecule has 1 N–H and O–H groups in total. The molecule has 3 aliphatic heterocycles. The second kappa shape index (κ2) is 6.57. The van der Waals surface area contributed by atoms with Crippen LogP contribution in [-0.2, 0) is 16.1 Å². The Bertz CT molecular complexity index is 726. The monoisotopic (exact) mass is 327 g/mol. The van der Waals surface area contributed by atoms with Gasteiger partial charge in [-0.15, -0.1) is 0 Å². The highest BCUT2D eigenvalue weighted by molar-refractivity contribution is 5.81. The molecule has 2 bridgehead atoms. The lowest BCUT2D eigenvalue weighted by Gasteiger charge is -2.35. The van der Waals surface area contributed by atoms with Crippen molar-refractivity contribution in [1.29, 1.82) is 0 Å². The summed E-state index contributed by atoms with van der Waals surface area (Å²) in [6.07, 6.45) is 4.13. The molecule has 4 heterocycles. The molecular formula is C19H25N3O2. The smallest absolute Gasteiger partial charge is 0.227 e. The maximum Gasteiger partial charge on any atom is 0.227 e. The molecular weight excluding hydrogens is 302 g/mol. The first-order chi connectivity index (χ1) is 11.7. The van der Waals surface area contributed by atoms with E-state index >= 15 is 0 Å². The standard InChI is InChI=1S/C19H25N3O2/c1-24-9-8-22-17-4-3-16(19(22)23)12-21(13-17)11-14-2-5-18-15(10-14)6-7-20-18/h2,5-7,10,16-17,20H,3-4,8-9,11-13H2,1H3/t16-,17+/m0/s1. The van der Waals surface area contributed by atoms with Crippen LogP contribution in [0.5, 0.6) is 0 Å². The summed E-state index contributed by atoms with van der Waals surface area (Å²) in [4.78, 5) is 20.5. The van der Waals surface area contributed by atoms with Crippen molar-refractivity contribution in [2.75, 3.05) is 33.4 Å². The number of nitrogens with one attached hydrogen (secondary N) is 1. The van der Waals surface area contributed by atoms with E-state index in [0.29, 0.717) is 18.6 Å². The molecule has 2 aromatic rings. The Labute approximate surface area is 142 Å². The summed E-state index contributed by atoms with van der Waals surface area (Å²) in [7, 11) is 1.70. The second-order valence-electron chi connectivity index (χ2n) is 7.05. The fourth-order valence-electron chi connectivity index (χ4n) is 4.20. The van der Waals surface area contributed by atoms with Gasteiger partial charge in [-0.2, -0.15) is 0 Å². The number of H-pyrrole nitrogens is 1. The Morgan fingerprint density at radius 1 is 1.25 bits per heavy atom. The maximum absolute atomic E-state index is 12.7. The van der Waals surface area contributed by atoms with Crippen molar-refractivity contribution >= 4 is 16.8 Å². The zero-order chi connectivity index (χ0) is 16.5. The molecule has 5 nitrogen and oxygen atoms in total. The van der Waals surface area contributed by atoms with Crippen molar-refractivity contribution in [3.63, 3.8) is 0 Å². The summed E-state index contributed by atoms with van der Waals surface area (Å²) in [6.45, 7) is 4.11. The van der Waals surface area contributed by atoms with Gasteiger partial charge in [0, 0.05) is 51.0 Å². The summed E-state index contributed by atoms with van der Waals surface area (Å²) in [5.41, 5.74) is 2.50. The van der Waals surface area contributed by atoms with Gasteiger partial charge >= 0.3 is 0 Å². The van der Waals surface area contributed by atoms with Crippen LogP contribution in [-0.4, -0.2) is 60.1 Å².